The van der Waals surface area contributed by atoms with Gasteiger partial charge in [0.2, 0.25) is 0 Å². The van der Waals surface area contributed by atoms with Crippen molar-refractivity contribution >= 4 is 23.2 Å². The van der Waals surface area contributed by atoms with Gasteiger partial charge in [-0.2, -0.15) is 0 Å². The summed E-state index contributed by atoms with van der Waals surface area (Å²) in [6, 6.07) is 8.46. The minimum Gasteiger partial charge on any atom is -0.325 e. The van der Waals surface area contributed by atoms with Crippen molar-refractivity contribution in [3.8, 4) is 0 Å². The van der Waals surface area contributed by atoms with Gasteiger partial charge in [0.1, 0.15) is 5.56 Å². The van der Waals surface area contributed by atoms with Crippen LogP contribution in [-0.4, -0.2) is 10.9 Å². The molecule has 1 aromatic carbocycles. The van der Waals surface area contributed by atoms with E-state index in [2.05, 4.69) is 10.3 Å². The Kier molecular flexibility index (Phi) is 3.32. The molecule has 2 N–H and O–H groups in total. The van der Waals surface area contributed by atoms with Gasteiger partial charge in [0, 0.05) is 16.4 Å². The topological polar surface area (TPSA) is 62.0 Å². The smallest absolute Gasteiger partial charge is 0.261 e. The highest BCUT2D eigenvalue weighted by Crippen LogP contribution is 2.19. The van der Waals surface area contributed by atoms with Crippen LogP contribution in [0.25, 0.3) is 0 Å². The Morgan fingerprint density at radius 2 is 1.95 bits per heavy atom. The first kappa shape index (κ1) is 12.9. The zero-order valence-electron chi connectivity index (χ0n) is 10.7. The number of benzene rings is 1. The van der Waals surface area contributed by atoms with Crippen molar-refractivity contribution in [2.24, 2.45) is 0 Å². The zero-order chi connectivity index (χ0) is 14.1. The van der Waals surface area contributed by atoms with E-state index in [9.17, 15) is 9.59 Å². The number of carbonyl (C=O) groups is 1. The van der Waals surface area contributed by atoms with Gasteiger partial charge >= 0.3 is 0 Å². The van der Waals surface area contributed by atoms with E-state index >= 15 is 0 Å². The van der Waals surface area contributed by atoms with E-state index in [-0.39, 0.29) is 11.1 Å². The van der Waals surface area contributed by atoms with Crippen molar-refractivity contribution in [3.05, 3.63) is 62.5 Å². The number of hydrogen-bond donors (Lipinski definition) is 2. The molecule has 20 heavy (non-hydrogen) atoms. The molecule has 0 unspecified atom stereocenters. The molecule has 0 spiro atoms. The number of carbonyl (C=O) groups excluding carboxylic acids is 1. The molecular weight excluding hydrogens is 276 g/mol. The van der Waals surface area contributed by atoms with Gasteiger partial charge in [0.25, 0.3) is 11.5 Å². The molecule has 1 heterocycles. The van der Waals surface area contributed by atoms with E-state index in [1.807, 2.05) is 0 Å². The number of rotatable bonds is 2. The Balaban J connectivity index is 1.87. The maximum Gasteiger partial charge on any atom is 0.261 e. The fourth-order valence-corrected chi connectivity index (χ4v) is 2.54. The van der Waals surface area contributed by atoms with Crippen LogP contribution in [0.15, 0.2) is 35.1 Å². The monoisotopic (exact) mass is 288 g/mol. The van der Waals surface area contributed by atoms with Crippen LogP contribution in [0.1, 0.15) is 28.0 Å². The summed E-state index contributed by atoms with van der Waals surface area (Å²) in [4.78, 5) is 26.9. The molecule has 0 fully saturated rings. The standard InChI is InChI=1S/C15H13ClN2O2/c16-10-4-6-11(7-5-10)17-14(19)12-8-9-2-1-3-13(9)18-15(12)20/h4-8H,1-3H2,(H,17,19)(H,18,20). The number of aromatic nitrogens is 1. The molecule has 1 amide bonds. The molecule has 0 atom stereocenters. The Labute approximate surface area is 120 Å². The lowest BCUT2D eigenvalue weighted by Crippen LogP contribution is -2.24. The van der Waals surface area contributed by atoms with Crippen molar-refractivity contribution in [3.63, 3.8) is 0 Å². The Morgan fingerprint density at radius 3 is 2.70 bits per heavy atom. The Hall–Kier alpha value is -2.07. The summed E-state index contributed by atoms with van der Waals surface area (Å²) in [6.45, 7) is 0. The third-order valence-electron chi connectivity index (χ3n) is 3.43. The van der Waals surface area contributed by atoms with Crippen LogP contribution in [0.3, 0.4) is 0 Å². The van der Waals surface area contributed by atoms with E-state index in [4.69, 9.17) is 11.6 Å². The number of aromatic amines is 1. The van der Waals surface area contributed by atoms with Gasteiger partial charge in [-0.15, -0.1) is 0 Å². The largest absolute Gasteiger partial charge is 0.325 e. The summed E-state index contributed by atoms with van der Waals surface area (Å²) in [5.41, 5.74) is 2.45. The van der Waals surface area contributed by atoms with Crippen LogP contribution in [0.5, 0.6) is 0 Å². The quantitative estimate of drug-likeness (QED) is 0.892. The minimum absolute atomic E-state index is 0.153. The highest BCUT2D eigenvalue weighted by molar-refractivity contribution is 6.30. The number of H-pyrrole nitrogens is 1. The van der Waals surface area contributed by atoms with Gasteiger partial charge in [0.15, 0.2) is 0 Å². The highest BCUT2D eigenvalue weighted by Gasteiger charge is 2.18. The van der Waals surface area contributed by atoms with Crippen molar-refractivity contribution in [1.82, 2.24) is 4.98 Å². The molecule has 4 nitrogen and oxygen atoms in total. The second-order valence-corrected chi connectivity index (χ2v) is 5.27. The van der Waals surface area contributed by atoms with Gasteiger partial charge < -0.3 is 10.3 Å². The lowest BCUT2D eigenvalue weighted by atomic mass is 10.1. The minimum atomic E-state index is -0.400. The fourth-order valence-electron chi connectivity index (χ4n) is 2.41. The van der Waals surface area contributed by atoms with Crippen LogP contribution >= 0.6 is 11.6 Å². The molecule has 5 heteroatoms. The predicted molar refractivity (Wildman–Crippen MR) is 78.5 cm³/mol. The van der Waals surface area contributed by atoms with Crippen LogP contribution in [0.2, 0.25) is 5.02 Å². The Morgan fingerprint density at radius 1 is 1.20 bits per heavy atom. The zero-order valence-corrected chi connectivity index (χ0v) is 11.5. The van der Waals surface area contributed by atoms with Crippen molar-refractivity contribution in [2.75, 3.05) is 5.32 Å². The number of halogens is 1. The molecule has 1 aliphatic rings. The molecule has 0 saturated heterocycles. The number of nitrogens with one attached hydrogen (secondary N) is 2. The second-order valence-electron chi connectivity index (χ2n) is 4.83. The summed E-state index contributed by atoms with van der Waals surface area (Å²) in [5.74, 6) is -0.400. The van der Waals surface area contributed by atoms with Gasteiger partial charge in [-0.25, -0.2) is 0 Å². The Bertz CT molecular complexity index is 720. The number of fused-ring (bicyclic) bond motifs is 1. The second kappa shape index (κ2) is 5.13. The first-order valence-electron chi connectivity index (χ1n) is 6.45. The highest BCUT2D eigenvalue weighted by atomic mass is 35.5. The lowest BCUT2D eigenvalue weighted by molar-refractivity contribution is 0.102. The van der Waals surface area contributed by atoms with E-state index in [0.29, 0.717) is 10.7 Å². The van der Waals surface area contributed by atoms with Gasteiger partial charge in [-0.1, -0.05) is 11.6 Å². The maximum atomic E-state index is 12.2. The van der Waals surface area contributed by atoms with Crippen molar-refractivity contribution in [2.45, 2.75) is 19.3 Å². The molecule has 0 radical (unpaired) electrons. The predicted octanol–water partition coefficient (Wildman–Crippen LogP) is 2.77. The third kappa shape index (κ3) is 2.47. The van der Waals surface area contributed by atoms with Crippen LogP contribution < -0.4 is 10.9 Å². The van der Waals surface area contributed by atoms with Crippen LogP contribution in [-0.2, 0) is 12.8 Å². The molecule has 102 valence electrons. The molecule has 3 rings (SSSR count). The first-order valence-corrected chi connectivity index (χ1v) is 6.83. The third-order valence-corrected chi connectivity index (χ3v) is 3.69. The number of amides is 1. The van der Waals surface area contributed by atoms with Gasteiger partial charge in [-0.05, 0) is 55.2 Å². The molecule has 1 aliphatic carbocycles. The van der Waals surface area contributed by atoms with Gasteiger partial charge in [0.05, 0.1) is 0 Å². The van der Waals surface area contributed by atoms with Gasteiger partial charge in [-0.3, -0.25) is 9.59 Å². The first-order chi connectivity index (χ1) is 9.63. The molecular formula is C15H13ClN2O2. The van der Waals surface area contributed by atoms with E-state index < -0.39 is 5.91 Å². The lowest BCUT2D eigenvalue weighted by Gasteiger charge is -2.06. The van der Waals surface area contributed by atoms with Crippen molar-refractivity contribution < 1.29 is 4.79 Å². The average molecular weight is 289 g/mol. The summed E-state index contributed by atoms with van der Waals surface area (Å²) in [5, 5.41) is 3.30. The van der Waals surface area contributed by atoms with Crippen molar-refractivity contribution in [1.29, 1.82) is 0 Å². The number of hydrogen-bond acceptors (Lipinski definition) is 2. The van der Waals surface area contributed by atoms with E-state index in [1.54, 1.807) is 30.3 Å². The normalized spacial score (nSPS) is 13.1. The SMILES string of the molecule is O=C(Nc1ccc(Cl)cc1)c1cc2c([nH]c1=O)CCC2. The molecule has 1 aromatic heterocycles. The summed E-state index contributed by atoms with van der Waals surface area (Å²) in [7, 11) is 0. The molecule has 0 bridgehead atoms. The maximum absolute atomic E-state index is 12.2. The van der Waals surface area contributed by atoms with Crippen LogP contribution in [0.4, 0.5) is 5.69 Å². The molecule has 0 saturated carbocycles. The molecule has 0 aliphatic heterocycles. The number of pyridine rings is 1. The number of aryl methyl sites for hydroxylation is 2. The average Bonchev–Trinajstić information content (AvgIpc) is 2.87. The summed E-state index contributed by atoms with van der Waals surface area (Å²) < 4.78 is 0. The van der Waals surface area contributed by atoms with Crippen LogP contribution in [0, 0.1) is 0 Å². The fraction of sp³-hybridized carbons (Fsp3) is 0.200. The van der Waals surface area contributed by atoms with E-state index in [0.717, 1.165) is 30.5 Å². The molecule has 2 aromatic rings. The summed E-state index contributed by atoms with van der Waals surface area (Å²) >= 11 is 5.79. The summed E-state index contributed by atoms with van der Waals surface area (Å²) in [6.07, 6.45) is 2.81. The number of anilines is 1. The van der Waals surface area contributed by atoms with E-state index in [1.165, 1.54) is 0 Å².